The first-order valence-corrected chi connectivity index (χ1v) is 38.4. The van der Waals surface area contributed by atoms with E-state index >= 15 is 0 Å². The molecule has 0 fully saturated rings. The van der Waals surface area contributed by atoms with Crippen molar-refractivity contribution < 1.29 is 117 Å². The Bertz CT molecular complexity index is 5490. The van der Waals surface area contributed by atoms with E-state index in [0.717, 1.165) is 48.5 Å². The lowest BCUT2D eigenvalue weighted by Crippen LogP contribution is -2.29. The molecule has 18 N–H and O–H groups in total. The van der Waals surface area contributed by atoms with Crippen molar-refractivity contribution in [1.82, 2.24) is 29.9 Å². The predicted octanol–water partition coefficient (Wildman–Crippen LogP) is 1.79. The third kappa shape index (κ3) is 18.7. The Labute approximate surface area is 548 Å². The third-order valence-electron chi connectivity index (χ3n) is 12.7. The molecule has 0 bridgehead atoms. The summed E-state index contributed by atoms with van der Waals surface area (Å²) in [7, 11) is -40.4. The van der Waals surface area contributed by atoms with Gasteiger partial charge in [-0.3, -0.25) is 47.3 Å². The van der Waals surface area contributed by atoms with Crippen LogP contribution in [0.4, 0.5) is 57.4 Å². The molecule has 0 unspecified atom stereocenters. The molecule has 0 radical (unpaired) electrons. The number of H-pyrrole nitrogens is 4. The SMILES string of the molecule is O=S(=O)(O)c1cccc(N=Nc2c(S(=O)(=O)O)cc3cc(S(=O)(=O)O)cc(N=c4[nH]c(Nc5ccc(Nc6nc(=NCC[P+]([O-])(O)O)[nH]c(=Nc7cc(S(=O)(=O)O)cc8cc(S(=O)(=O)O)c(N=Nc9cccc(S(=O)(=O)O)c9)c(O)c78)[nH]6)cc5)nc(=NCC[P+]([O-])(O)O)[nH]4)c3c2O)c1. The molecule has 0 saturated heterocycles. The number of hydrogen-bond donors (Lipinski definition) is 18. The lowest BCUT2D eigenvalue weighted by Gasteiger charge is -2.13. The Hall–Kier alpha value is -9.24. The van der Waals surface area contributed by atoms with E-state index in [1.54, 1.807) is 0 Å². The number of nitrogens with one attached hydrogen (secondary N) is 6. The Morgan fingerprint density at radius 3 is 1.09 bits per heavy atom. The van der Waals surface area contributed by atoms with Crippen LogP contribution in [-0.4, -0.2) is 163 Å². The lowest BCUT2D eigenvalue weighted by atomic mass is 10.1. The molecule has 0 spiro atoms. The second-order valence-electron chi connectivity index (χ2n) is 19.8. The summed E-state index contributed by atoms with van der Waals surface area (Å²) in [5.41, 5.74) is -5.78. The number of anilines is 4. The largest absolute Gasteiger partial charge is 0.632 e. The first-order valence-electron chi connectivity index (χ1n) is 26.2. The fraction of sp³-hybridized carbons (Fsp3) is 0.0833. The maximum absolute atomic E-state index is 12.7. The zero-order chi connectivity index (χ0) is 71.9. The van der Waals surface area contributed by atoms with E-state index in [9.17, 15) is 117 Å². The van der Waals surface area contributed by atoms with Crippen LogP contribution in [0.15, 0.2) is 179 Å². The minimum Gasteiger partial charge on any atom is -0.632 e. The molecule has 2 heterocycles. The van der Waals surface area contributed by atoms with Gasteiger partial charge in [0.2, 0.25) is 50.3 Å². The Balaban J connectivity index is 1.14. The van der Waals surface area contributed by atoms with E-state index in [0.29, 0.717) is 36.4 Å². The highest BCUT2D eigenvalue weighted by molar-refractivity contribution is 7.87. The molecule has 2 aromatic heterocycles. The van der Waals surface area contributed by atoms with E-state index in [-0.39, 0.29) is 34.6 Å². The molecule has 0 saturated carbocycles. The quantitative estimate of drug-likeness (QED) is 0.0261. The van der Waals surface area contributed by atoms with E-state index in [1.807, 2.05) is 0 Å². The topological polar surface area (TPSA) is 706 Å². The monoisotopic (exact) mass is 1510 g/mol. The van der Waals surface area contributed by atoms with Crippen LogP contribution in [0, 0.1) is 0 Å². The average molecular weight is 1520 g/mol. The molecule has 518 valence electrons. The van der Waals surface area contributed by atoms with Gasteiger partial charge in [0.05, 0.1) is 66.2 Å². The van der Waals surface area contributed by atoms with Gasteiger partial charge in [0.25, 0.3) is 60.7 Å². The smallest absolute Gasteiger partial charge is 0.296 e. The van der Waals surface area contributed by atoms with Crippen LogP contribution < -0.4 is 42.9 Å². The summed E-state index contributed by atoms with van der Waals surface area (Å²) < 4.78 is 209. The van der Waals surface area contributed by atoms with Gasteiger partial charge in [0, 0.05) is 11.4 Å². The van der Waals surface area contributed by atoms with Crippen LogP contribution >= 0.6 is 15.9 Å². The summed E-state index contributed by atoms with van der Waals surface area (Å²) in [6.45, 7) is -1.20. The van der Waals surface area contributed by atoms with E-state index in [4.69, 9.17) is 0 Å². The van der Waals surface area contributed by atoms with Crippen LogP contribution in [0.3, 0.4) is 0 Å². The first-order chi connectivity index (χ1) is 45.3. The van der Waals surface area contributed by atoms with Crippen molar-refractivity contribution in [2.24, 2.45) is 40.4 Å². The number of azo groups is 2. The number of hydrogen-bond acceptors (Lipinski definition) is 32. The average Bonchev–Trinajstić information content (AvgIpc) is 0.753. The van der Waals surface area contributed by atoms with Crippen LogP contribution in [0.25, 0.3) is 21.5 Å². The predicted molar refractivity (Wildman–Crippen MR) is 334 cm³/mol. The summed E-state index contributed by atoms with van der Waals surface area (Å²) in [6, 6.07) is 17.3. The second kappa shape index (κ2) is 27.6. The van der Waals surface area contributed by atoms with Crippen LogP contribution in [0.1, 0.15) is 0 Å². The molecule has 0 aliphatic rings. The number of rotatable bonds is 22. The fourth-order valence-electron chi connectivity index (χ4n) is 8.49. The van der Waals surface area contributed by atoms with E-state index in [2.05, 4.69) is 81.0 Å². The van der Waals surface area contributed by atoms with Crippen LogP contribution in [-0.2, 0) is 60.7 Å². The van der Waals surface area contributed by atoms with Crippen molar-refractivity contribution in [2.45, 2.75) is 29.4 Å². The Morgan fingerprint density at radius 2 is 0.776 bits per heavy atom. The van der Waals surface area contributed by atoms with Gasteiger partial charge in [0.1, 0.15) is 33.5 Å². The van der Waals surface area contributed by atoms with Gasteiger partial charge >= 0.3 is 0 Å². The van der Waals surface area contributed by atoms with Crippen molar-refractivity contribution in [3.8, 4) is 11.5 Å². The summed E-state index contributed by atoms with van der Waals surface area (Å²) in [5, 5.41) is 41.8. The lowest BCUT2D eigenvalue weighted by molar-refractivity contribution is -0.209. The molecular formula is C48H44N16O26P2S6. The van der Waals surface area contributed by atoms with Gasteiger partial charge in [-0.2, -0.15) is 70.7 Å². The number of phenols is 2. The molecule has 7 aromatic carbocycles. The number of aromatic nitrogens is 6. The zero-order valence-corrected chi connectivity index (χ0v) is 54.8. The van der Waals surface area contributed by atoms with Crippen molar-refractivity contribution in [3.05, 3.63) is 132 Å². The Morgan fingerprint density at radius 1 is 0.429 bits per heavy atom. The molecule has 0 amide bonds. The molecule has 42 nitrogen and oxygen atoms in total. The third-order valence-corrected chi connectivity index (χ3v) is 19.3. The number of nitrogens with zero attached hydrogens (tertiary/aromatic N) is 10. The Kier molecular flexibility index (Phi) is 20.5. The van der Waals surface area contributed by atoms with Crippen molar-refractivity contribution >= 4 is 156 Å². The fourth-order valence-corrected chi connectivity index (χ4v) is 12.6. The minimum atomic E-state index is -5.43. The van der Waals surface area contributed by atoms with Gasteiger partial charge in [-0.05, 0) is 108 Å². The number of phenolic OH excluding ortho intramolecular Hbond substituents is 2. The highest BCUT2D eigenvalue weighted by Crippen LogP contribution is 2.48. The molecule has 9 aromatic rings. The molecule has 9 rings (SSSR count). The molecule has 98 heavy (non-hydrogen) atoms. The number of fused-ring (bicyclic) bond motifs is 2. The number of aromatic hydroxyl groups is 2. The maximum Gasteiger partial charge on any atom is 0.296 e. The standard InChI is InChI=1S/C48H44N16O26P2S6/c65-41-37-23(17-35(97(85,86)87)39(41)63-61-27-3-1-5-29(19-27)93(73,74)75)15-31(95(79,80)81)21-33(37)53-47-57-43(49-11-13-91(67,68)69)55-45(59-47)51-25-7-9-26(10-8-25)52-46-56-44(50-12-14-92(70,71)72)58-48(60-46)54-34-22-32(96(82,83)84)16-24-18-36(98(88,89)90)40(42(66)38(24)34)64-62-28-4-2-6-30(20-28)94(76,77)78/h1-10,15-22,65-66H,11-14H2,(H2,67,68,69)(H2,70,71,72)(H,73,74,75)(H,76,77,78)(H,79,80,81)(H,82,83,84)(H,85,86,87)(H,88,89,90)(H3,49,51,53,55,57,59)(H3,50,52,54,56,58,60). The van der Waals surface area contributed by atoms with Crippen molar-refractivity contribution in [2.75, 3.05) is 36.0 Å². The second-order valence-corrected chi connectivity index (χ2v) is 31.8. The van der Waals surface area contributed by atoms with E-state index in [1.165, 1.54) is 24.3 Å². The van der Waals surface area contributed by atoms with Gasteiger partial charge in [0.15, 0.2) is 11.5 Å². The zero-order valence-electron chi connectivity index (χ0n) is 48.1. The normalized spacial score (nSPS) is 14.0. The van der Waals surface area contributed by atoms with Crippen molar-refractivity contribution in [3.63, 3.8) is 0 Å². The highest BCUT2D eigenvalue weighted by Gasteiger charge is 2.29. The molecule has 0 aliphatic carbocycles. The van der Waals surface area contributed by atoms with Crippen LogP contribution in [0.5, 0.6) is 11.5 Å². The summed E-state index contributed by atoms with van der Waals surface area (Å²) in [4.78, 5) is 91.7. The minimum absolute atomic E-state index is 0.124. The van der Waals surface area contributed by atoms with Gasteiger partial charge in [-0.1, -0.05) is 12.1 Å². The maximum atomic E-state index is 12.7. The molecule has 50 heteroatoms. The molecule has 0 atom stereocenters. The van der Waals surface area contributed by atoms with Crippen LogP contribution in [0.2, 0.25) is 0 Å². The summed E-state index contributed by atoms with van der Waals surface area (Å²) >= 11 is 0. The highest BCUT2D eigenvalue weighted by atomic mass is 32.2. The molecular weight excluding hydrogens is 1470 g/mol. The van der Waals surface area contributed by atoms with Gasteiger partial charge < -0.3 is 30.6 Å². The van der Waals surface area contributed by atoms with E-state index < -0.39 is 210 Å². The summed E-state index contributed by atoms with van der Waals surface area (Å²) in [6.07, 6.45) is -1.64. The summed E-state index contributed by atoms with van der Waals surface area (Å²) in [5.74, 6) is -3.03. The van der Waals surface area contributed by atoms with Gasteiger partial charge in [-0.15, -0.1) is 10.2 Å². The molecule has 0 aliphatic heterocycles. The van der Waals surface area contributed by atoms with Gasteiger partial charge in [-0.25, -0.2) is 39.5 Å². The van der Waals surface area contributed by atoms with Crippen molar-refractivity contribution in [1.29, 1.82) is 0 Å². The number of aromatic amines is 4. The first kappa shape index (κ1) is 73.0. The number of benzene rings is 7.